The van der Waals surface area contributed by atoms with E-state index < -0.39 is 9.84 Å². The first-order chi connectivity index (χ1) is 12.0. The van der Waals surface area contributed by atoms with Gasteiger partial charge in [0.2, 0.25) is 0 Å². The van der Waals surface area contributed by atoms with Gasteiger partial charge in [-0.2, -0.15) is 5.10 Å². The lowest BCUT2D eigenvalue weighted by molar-refractivity contribution is 0.264. The molecule has 0 spiro atoms. The molecule has 0 amide bonds. The van der Waals surface area contributed by atoms with Crippen LogP contribution in [0.5, 0.6) is 5.75 Å². The number of aromatic nitrogens is 3. The van der Waals surface area contributed by atoms with Crippen LogP contribution in [0.2, 0.25) is 0 Å². The molecule has 136 valence electrons. The number of para-hydroxylation sites is 1. The van der Waals surface area contributed by atoms with Crippen molar-refractivity contribution in [1.82, 2.24) is 14.8 Å². The van der Waals surface area contributed by atoms with Gasteiger partial charge in [-0.15, -0.1) is 0 Å². The van der Waals surface area contributed by atoms with Gasteiger partial charge in [-0.1, -0.05) is 18.2 Å². The summed E-state index contributed by atoms with van der Waals surface area (Å²) in [5.74, 6) is 2.65. The summed E-state index contributed by atoms with van der Waals surface area (Å²) >= 11 is 0. The number of methoxy groups -OCH3 is 1. The predicted molar refractivity (Wildman–Crippen MR) is 93.5 cm³/mol. The minimum absolute atomic E-state index is 0.0323. The molecule has 25 heavy (non-hydrogen) atoms. The number of sulfone groups is 1. The maximum absolute atomic E-state index is 11.7. The van der Waals surface area contributed by atoms with Crippen molar-refractivity contribution < 1.29 is 18.3 Å². The van der Waals surface area contributed by atoms with Crippen molar-refractivity contribution >= 4 is 9.84 Å². The van der Waals surface area contributed by atoms with Crippen molar-refractivity contribution in [2.75, 3.05) is 25.2 Å². The highest BCUT2D eigenvalue weighted by Crippen LogP contribution is 2.29. The molecular formula is C17H23N3O4S. The van der Waals surface area contributed by atoms with E-state index in [2.05, 4.69) is 10.1 Å². The maximum Gasteiger partial charge on any atom is 0.155 e. The van der Waals surface area contributed by atoms with Crippen LogP contribution in [0.15, 0.2) is 24.3 Å². The molecule has 8 heteroatoms. The SMILES string of the molecule is COc1ccccc1Cc1nc(C2CCS(=O)(=O)CC2)n(CCO)n1. The molecule has 0 bridgehead atoms. The summed E-state index contributed by atoms with van der Waals surface area (Å²) in [6.45, 7) is 0.326. The Morgan fingerprint density at radius 1 is 1.28 bits per heavy atom. The zero-order valence-electron chi connectivity index (χ0n) is 14.3. The average Bonchev–Trinajstić information content (AvgIpc) is 2.98. The Balaban J connectivity index is 1.84. The highest BCUT2D eigenvalue weighted by atomic mass is 32.2. The Kier molecular flexibility index (Phi) is 5.39. The van der Waals surface area contributed by atoms with E-state index in [0.717, 1.165) is 17.1 Å². The van der Waals surface area contributed by atoms with Gasteiger partial charge in [0.05, 0.1) is 31.8 Å². The molecule has 1 aromatic heterocycles. The number of rotatable bonds is 6. The lowest BCUT2D eigenvalue weighted by Crippen LogP contribution is -2.24. The van der Waals surface area contributed by atoms with Gasteiger partial charge in [0.15, 0.2) is 5.82 Å². The molecule has 2 heterocycles. The van der Waals surface area contributed by atoms with Crippen molar-refractivity contribution in [1.29, 1.82) is 0 Å². The predicted octanol–water partition coefficient (Wildman–Crippen LogP) is 1.16. The average molecular weight is 365 g/mol. The number of ether oxygens (including phenoxy) is 1. The molecule has 7 nitrogen and oxygen atoms in total. The summed E-state index contributed by atoms with van der Waals surface area (Å²) < 4.78 is 30.4. The Bertz CT molecular complexity index is 818. The summed E-state index contributed by atoms with van der Waals surface area (Å²) in [7, 11) is -1.29. The highest BCUT2D eigenvalue weighted by Gasteiger charge is 2.28. The molecule has 2 aromatic rings. The summed E-state index contributed by atoms with van der Waals surface area (Å²) in [4.78, 5) is 4.66. The van der Waals surface area contributed by atoms with Crippen molar-refractivity contribution in [2.24, 2.45) is 0 Å². The first-order valence-electron chi connectivity index (χ1n) is 8.39. The first-order valence-corrected chi connectivity index (χ1v) is 10.2. The summed E-state index contributed by atoms with van der Waals surface area (Å²) in [5, 5.41) is 13.8. The normalized spacial score (nSPS) is 17.5. The molecule has 0 unspecified atom stereocenters. The lowest BCUT2D eigenvalue weighted by Gasteiger charge is -2.21. The molecule has 0 aliphatic carbocycles. The van der Waals surface area contributed by atoms with Crippen LogP contribution in [0.1, 0.15) is 36.0 Å². The lowest BCUT2D eigenvalue weighted by atomic mass is 10.0. The quantitative estimate of drug-likeness (QED) is 0.826. The standard InChI is InChI=1S/C17H23N3O4S/c1-24-15-5-3-2-4-14(15)12-16-18-17(20(19-16)8-9-21)13-6-10-25(22,23)11-7-13/h2-5,13,21H,6-12H2,1H3. The number of hydrogen-bond donors (Lipinski definition) is 1. The van der Waals surface area contributed by atoms with E-state index in [1.54, 1.807) is 11.8 Å². The van der Waals surface area contributed by atoms with Gasteiger partial charge >= 0.3 is 0 Å². The topological polar surface area (TPSA) is 94.3 Å². The Morgan fingerprint density at radius 3 is 2.68 bits per heavy atom. The smallest absolute Gasteiger partial charge is 0.155 e. The van der Waals surface area contributed by atoms with Crippen LogP contribution in [0.4, 0.5) is 0 Å². The second-order valence-corrected chi connectivity index (χ2v) is 8.55. The fourth-order valence-electron chi connectivity index (χ4n) is 3.21. The first kappa shape index (κ1) is 17.9. The van der Waals surface area contributed by atoms with Crippen molar-refractivity contribution in [3.8, 4) is 5.75 Å². The minimum Gasteiger partial charge on any atom is -0.496 e. The molecule has 1 saturated heterocycles. The van der Waals surface area contributed by atoms with Crippen molar-refractivity contribution in [3.05, 3.63) is 41.5 Å². The molecule has 1 N–H and O–H groups in total. The van der Waals surface area contributed by atoms with Crippen LogP contribution >= 0.6 is 0 Å². The number of hydrogen-bond acceptors (Lipinski definition) is 6. The molecule has 1 aliphatic rings. The molecule has 0 atom stereocenters. The summed E-state index contributed by atoms with van der Waals surface area (Å²) in [6, 6.07) is 7.72. The van der Waals surface area contributed by atoms with Crippen LogP contribution in [0, 0.1) is 0 Å². The van der Waals surface area contributed by atoms with Gasteiger partial charge in [0.25, 0.3) is 0 Å². The molecule has 3 rings (SSSR count). The Labute approximate surface area is 147 Å². The van der Waals surface area contributed by atoms with E-state index in [9.17, 15) is 13.5 Å². The van der Waals surface area contributed by atoms with Crippen LogP contribution in [-0.4, -0.2) is 53.5 Å². The van der Waals surface area contributed by atoms with E-state index in [0.29, 0.717) is 31.6 Å². The molecule has 0 radical (unpaired) electrons. The Morgan fingerprint density at radius 2 is 2.00 bits per heavy atom. The number of nitrogens with zero attached hydrogens (tertiary/aromatic N) is 3. The van der Waals surface area contributed by atoms with Gasteiger partial charge in [0.1, 0.15) is 21.4 Å². The molecule has 0 saturated carbocycles. The maximum atomic E-state index is 11.7. The van der Waals surface area contributed by atoms with E-state index >= 15 is 0 Å². The van der Waals surface area contributed by atoms with Gasteiger partial charge in [-0.25, -0.2) is 18.1 Å². The van der Waals surface area contributed by atoms with Crippen LogP contribution < -0.4 is 4.74 Å². The highest BCUT2D eigenvalue weighted by molar-refractivity contribution is 7.91. The van der Waals surface area contributed by atoms with E-state index in [1.165, 1.54) is 0 Å². The monoisotopic (exact) mass is 365 g/mol. The number of aliphatic hydroxyl groups is 1. The Hall–Kier alpha value is -1.93. The molecule has 1 fully saturated rings. The van der Waals surface area contributed by atoms with E-state index in [4.69, 9.17) is 4.74 Å². The fourth-order valence-corrected chi connectivity index (χ4v) is 4.70. The number of aliphatic hydroxyl groups excluding tert-OH is 1. The zero-order chi connectivity index (χ0) is 17.9. The van der Waals surface area contributed by atoms with Crippen molar-refractivity contribution in [2.45, 2.75) is 31.7 Å². The van der Waals surface area contributed by atoms with E-state index in [1.807, 2.05) is 24.3 Å². The number of benzene rings is 1. The van der Waals surface area contributed by atoms with Crippen LogP contribution in [0.3, 0.4) is 0 Å². The second-order valence-electron chi connectivity index (χ2n) is 6.25. The summed E-state index contributed by atoms with van der Waals surface area (Å²) in [6.07, 6.45) is 1.64. The van der Waals surface area contributed by atoms with Crippen molar-refractivity contribution in [3.63, 3.8) is 0 Å². The zero-order valence-corrected chi connectivity index (χ0v) is 15.1. The largest absolute Gasteiger partial charge is 0.496 e. The fraction of sp³-hybridized carbons (Fsp3) is 0.529. The third-order valence-corrected chi connectivity index (χ3v) is 6.23. The van der Waals surface area contributed by atoms with Crippen LogP contribution in [-0.2, 0) is 22.8 Å². The van der Waals surface area contributed by atoms with Gasteiger partial charge in [-0.05, 0) is 18.9 Å². The third-order valence-electron chi connectivity index (χ3n) is 4.52. The molecule has 1 aromatic carbocycles. The van der Waals surface area contributed by atoms with Gasteiger partial charge < -0.3 is 9.84 Å². The molecular weight excluding hydrogens is 342 g/mol. The summed E-state index contributed by atoms with van der Waals surface area (Å²) in [5.41, 5.74) is 0.990. The van der Waals surface area contributed by atoms with Gasteiger partial charge in [-0.3, -0.25) is 0 Å². The second kappa shape index (κ2) is 7.53. The van der Waals surface area contributed by atoms with Crippen LogP contribution in [0.25, 0.3) is 0 Å². The molecule has 1 aliphatic heterocycles. The van der Waals surface area contributed by atoms with Gasteiger partial charge in [0, 0.05) is 17.9 Å². The minimum atomic E-state index is -2.92. The third kappa shape index (κ3) is 4.19. The van der Waals surface area contributed by atoms with E-state index in [-0.39, 0.29) is 24.0 Å².